The highest BCUT2D eigenvalue weighted by Gasteiger charge is 2.09. The first-order chi connectivity index (χ1) is 8.27. The van der Waals surface area contributed by atoms with Crippen LogP contribution in [0.5, 0.6) is 0 Å². The van der Waals surface area contributed by atoms with Crippen LogP contribution < -0.4 is 5.32 Å². The Kier molecular flexibility index (Phi) is 3.88. The number of carbonyl (C=O) groups excluding carboxylic acids is 1. The van der Waals surface area contributed by atoms with Gasteiger partial charge in [0.25, 0.3) is 5.91 Å². The second kappa shape index (κ2) is 5.59. The number of pyridine rings is 1. The van der Waals surface area contributed by atoms with E-state index < -0.39 is 0 Å². The maximum Gasteiger partial charge on any atom is 0.271 e. The SMILES string of the molecule is O=C(NCc1ccccc1)c1ncccc1Br. The summed E-state index contributed by atoms with van der Waals surface area (Å²) in [6.07, 6.45) is 1.60. The van der Waals surface area contributed by atoms with E-state index in [4.69, 9.17) is 0 Å². The first-order valence-electron chi connectivity index (χ1n) is 5.20. The van der Waals surface area contributed by atoms with Crippen LogP contribution in [0.15, 0.2) is 53.1 Å². The van der Waals surface area contributed by atoms with Crippen molar-refractivity contribution in [1.82, 2.24) is 10.3 Å². The number of hydrogen-bond donors (Lipinski definition) is 1. The maximum absolute atomic E-state index is 11.8. The van der Waals surface area contributed by atoms with Crippen LogP contribution in [-0.4, -0.2) is 10.9 Å². The van der Waals surface area contributed by atoms with Gasteiger partial charge in [-0.1, -0.05) is 30.3 Å². The highest BCUT2D eigenvalue weighted by atomic mass is 79.9. The van der Waals surface area contributed by atoms with Gasteiger partial charge in [-0.05, 0) is 33.6 Å². The first-order valence-corrected chi connectivity index (χ1v) is 5.99. The van der Waals surface area contributed by atoms with Gasteiger partial charge in [-0.25, -0.2) is 4.98 Å². The smallest absolute Gasteiger partial charge is 0.271 e. The summed E-state index contributed by atoms with van der Waals surface area (Å²) >= 11 is 3.30. The number of nitrogens with one attached hydrogen (secondary N) is 1. The lowest BCUT2D eigenvalue weighted by Crippen LogP contribution is -2.24. The molecular weight excluding hydrogens is 280 g/mol. The molecule has 0 unspecified atom stereocenters. The Morgan fingerprint density at radius 3 is 2.65 bits per heavy atom. The highest BCUT2D eigenvalue weighted by Crippen LogP contribution is 2.12. The van der Waals surface area contributed by atoms with Gasteiger partial charge in [-0.15, -0.1) is 0 Å². The summed E-state index contributed by atoms with van der Waals surface area (Å²) in [6, 6.07) is 13.3. The van der Waals surface area contributed by atoms with Crippen molar-refractivity contribution in [3.05, 3.63) is 64.4 Å². The van der Waals surface area contributed by atoms with Crippen molar-refractivity contribution in [2.75, 3.05) is 0 Å². The monoisotopic (exact) mass is 290 g/mol. The second-order valence-corrected chi connectivity index (χ2v) is 4.36. The lowest BCUT2D eigenvalue weighted by Gasteiger charge is -2.05. The molecule has 0 aliphatic carbocycles. The zero-order valence-corrected chi connectivity index (χ0v) is 10.6. The second-order valence-electron chi connectivity index (χ2n) is 3.50. The van der Waals surface area contributed by atoms with E-state index in [0.29, 0.717) is 16.7 Å². The Morgan fingerprint density at radius 2 is 1.94 bits per heavy atom. The van der Waals surface area contributed by atoms with Gasteiger partial charge in [0.1, 0.15) is 5.69 Å². The first kappa shape index (κ1) is 11.8. The molecule has 0 spiro atoms. The fourth-order valence-electron chi connectivity index (χ4n) is 1.41. The van der Waals surface area contributed by atoms with Crippen molar-refractivity contribution < 1.29 is 4.79 Å². The molecule has 0 bridgehead atoms. The third-order valence-electron chi connectivity index (χ3n) is 2.27. The normalized spacial score (nSPS) is 9.94. The fourth-order valence-corrected chi connectivity index (χ4v) is 1.85. The molecule has 0 aliphatic rings. The Morgan fingerprint density at radius 1 is 1.18 bits per heavy atom. The fraction of sp³-hybridized carbons (Fsp3) is 0.0769. The van der Waals surface area contributed by atoms with E-state index in [2.05, 4.69) is 26.2 Å². The molecule has 2 aromatic rings. The van der Waals surface area contributed by atoms with Crippen molar-refractivity contribution in [3.63, 3.8) is 0 Å². The molecular formula is C13H11BrN2O. The molecule has 0 aliphatic heterocycles. The van der Waals surface area contributed by atoms with E-state index >= 15 is 0 Å². The predicted octanol–water partition coefficient (Wildman–Crippen LogP) is 2.77. The largest absolute Gasteiger partial charge is 0.347 e. The van der Waals surface area contributed by atoms with Crippen LogP contribution in [0.1, 0.15) is 16.1 Å². The number of nitrogens with zero attached hydrogens (tertiary/aromatic N) is 1. The third-order valence-corrected chi connectivity index (χ3v) is 2.91. The zero-order valence-electron chi connectivity index (χ0n) is 9.06. The van der Waals surface area contributed by atoms with Crippen LogP contribution in [0.25, 0.3) is 0 Å². The minimum atomic E-state index is -0.179. The molecule has 1 aromatic carbocycles. The molecule has 86 valence electrons. The molecule has 17 heavy (non-hydrogen) atoms. The van der Waals surface area contributed by atoms with Gasteiger partial charge in [-0.3, -0.25) is 4.79 Å². The molecule has 1 aromatic heterocycles. The molecule has 1 amide bonds. The number of hydrogen-bond acceptors (Lipinski definition) is 2. The minimum Gasteiger partial charge on any atom is -0.347 e. The molecule has 1 heterocycles. The van der Waals surface area contributed by atoms with Crippen molar-refractivity contribution >= 4 is 21.8 Å². The van der Waals surface area contributed by atoms with Crippen LogP contribution in [0.2, 0.25) is 0 Å². The van der Waals surface area contributed by atoms with Crippen LogP contribution in [0, 0.1) is 0 Å². The van der Waals surface area contributed by atoms with Gasteiger partial charge in [0.15, 0.2) is 0 Å². The Bertz CT molecular complexity index is 514. The topological polar surface area (TPSA) is 42.0 Å². The predicted molar refractivity (Wildman–Crippen MR) is 69.5 cm³/mol. The van der Waals surface area contributed by atoms with Crippen molar-refractivity contribution in [2.45, 2.75) is 6.54 Å². The Balaban J connectivity index is 2.01. The van der Waals surface area contributed by atoms with E-state index in [1.165, 1.54) is 0 Å². The summed E-state index contributed by atoms with van der Waals surface area (Å²) < 4.78 is 0.700. The van der Waals surface area contributed by atoms with E-state index in [1.54, 1.807) is 18.3 Å². The van der Waals surface area contributed by atoms with Gasteiger partial charge in [-0.2, -0.15) is 0 Å². The molecule has 1 N–H and O–H groups in total. The van der Waals surface area contributed by atoms with E-state index in [-0.39, 0.29) is 5.91 Å². The van der Waals surface area contributed by atoms with Crippen LogP contribution in [-0.2, 0) is 6.54 Å². The molecule has 0 saturated carbocycles. The molecule has 0 radical (unpaired) electrons. The van der Waals surface area contributed by atoms with Gasteiger partial charge < -0.3 is 5.32 Å². The van der Waals surface area contributed by atoms with Crippen molar-refractivity contribution in [3.8, 4) is 0 Å². The molecule has 4 heteroatoms. The van der Waals surface area contributed by atoms with Crippen LogP contribution in [0.3, 0.4) is 0 Å². The van der Waals surface area contributed by atoms with Crippen LogP contribution in [0.4, 0.5) is 0 Å². The third kappa shape index (κ3) is 3.14. The summed E-state index contributed by atoms with van der Waals surface area (Å²) in [7, 11) is 0. The molecule has 0 fully saturated rings. The number of halogens is 1. The lowest BCUT2D eigenvalue weighted by atomic mass is 10.2. The summed E-state index contributed by atoms with van der Waals surface area (Å²) in [5, 5.41) is 2.82. The number of aromatic nitrogens is 1. The summed E-state index contributed by atoms with van der Waals surface area (Å²) in [4.78, 5) is 15.9. The Labute approximate surface area is 108 Å². The number of rotatable bonds is 3. The number of benzene rings is 1. The van der Waals surface area contributed by atoms with Gasteiger partial charge in [0.05, 0.1) is 0 Å². The summed E-state index contributed by atoms with van der Waals surface area (Å²) in [6.45, 7) is 0.503. The van der Waals surface area contributed by atoms with E-state index in [0.717, 1.165) is 5.56 Å². The summed E-state index contributed by atoms with van der Waals surface area (Å²) in [5.74, 6) is -0.179. The molecule has 0 saturated heterocycles. The van der Waals surface area contributed by atoms with E-state index in [1.807, 2.05) is 30.3 Å². The molecule has 2 rings (SSSR count). The lowest BCUT2D eigenvalue weighted by molar-refractivity contribution is 0.0945. The maximum atomic E-state index is 11.8. The minimum absolute atomic E-state index is 0.179. The van der Waals surface area contributed by atoms with Crippen molar-refractivity contribution in [2.24, 2.45) is 0 Å². The highest BCUT2D eigenvalue weighted by molar-refractivity contribution is 9.10. The Hall–Kier alpha value is -1.68. The number of amides is 1. The van der Waals surface area contributed by atoms with Gasteiger partial charge >= 0.3 is 0 Å². The average Bonchev–Trinajstić information content (AvgIpc) is 2.38. The quantitative estimate of drug-likeness (QED) is 0.944. The molecule has 0 atom stereocenters. The molecule has 3 nitrogen and oxygen atoms in total. The van der Waals surface area contributed by atoms with Crippen molar-refractivity contribution in [1.29, 1.82) is 0 Å². The van der Waals surface area contributed by atoms with Crippen LogP contribution >= 0.6 is 15.9 Å². The van der Waals surface area contributed by atoms with Gasteiger partial charge in [0.2, 0.25) is 0 Å². The average molecular weight is 291 g/mol. The number of carbonyl (C=O) groups is 1. The summed E-state index contributed by atoms with van der Waals surface area (Å²) in [5.41, 5.74) is 1.47. The van der Waals surface area contributed by atoms with Gasteiger partial charge in [0, 0.05) is 17.2 Å². The standard InChI is InChI=1S/C13H11BrN2O/c14-11-7-4-8-15-12(11)13(17)16-9-10-5-2-1-3-6-10/h1-8H,9H2,(H,16,17). The van der Waals surface area contributed by atoms with E-state index in [9.17, 15) is 4.79 Å². The zero-order chi connectivity index (χ0) is 12.1.